The Balaban J connectivity index is 1.76. The number of aliphatic hydroxyl groups excluding tert-OH is 1. The Kier molecular flexibility index (Phi) is 3.34. The maximum Gasteiger partial charge on any atom is 0.123 e. The summed E-state index contributed by atoms with van der Waals surface area (Å²) in [5, 5.41) is 9.22. The van der Waals surface area contributed by atoms with Crippen molar-refractivity contribution in [2.45, 2.75) is 25.8 Å². The van der Waals surface area contributed by atoms with Gasteiger partial charge in [-0.1, -0.05) is 12.1 Å². The highest BCUT2D eigenvalue weighted by molar-refractivity contribution is 5.22. The fourth-order valence-electron chi connectivity index (χ4n) is 2.62. The van der Waals surface area contributed by atoms with Crippen LogP contribution < -0.4 is 0 Å². The largest absolute Gasteiger partial charge is 0.396 e. The predicted molar refractivity (Wildman–Crippen MR) is 70.3 cm³/mol. The van der Waals surface area contributed by atoms with Crippen molar-refractivity contribution in [2.75, 3.05) is 6.61 Å². The van der Waals surface area contributed by atoms with E-state index >= 15 is 0 Å². The normalized spacial score (nSPS) is 18.3. The number of benzene rings is 1. The van der Waals surface area contributed by atoms with E-state index in [4.69, 9.17) is 0 Å². The van der Waals surface area contributed by atoms with Crippen LogP contribution in [0.1, 0.15) is 23.5 Å². The van der Waals surface area contributed by atoms with Crippen LogP contribution in [0.15, 0.2) is 30.5 Å². The Bertz CT molecular complexity index is 562. The molecule has 0 aliphatic carbocycles. The molecule has 0 spiro atoms. The van der Waals surface area contributed by atoms with Gasteiger partial charge in [0.1, 0.15) is 11.6 Å². The molecule has 1 atom stereocenters. The van der Waals surface area contributed by atoms with Crippen molar-refractivity contribution in [2.24, 2.45) is 5.92 Å². The quantitative estimate of drug-likeness (QED) is 0.918. The number of halogens is 1. The van der Waals surface area contributed by atoms with Gasteiger partial charge in [0, 0.05) is 38.1 Å². The van der Waals surface area contributed by atoms with E-state index in [1.54, 1.807) is 12.1 Å². The van der Waals surface area contributed by atoms with Gasteiger partial charge in [0.2, 0.25) is 0 Å². The third kappa shape index (κ3) is 2.68. The minimum Gasteiger partial charge on any atom is -0.396 e. The van der Waals surface area contributed by atoms with Crippen molar-refractivity contribution in [3.63, 3.8) is 0 Å². The Hall–Kier alpha value is -1.68. The van der Waals surface area contributed by atoms with Crippen molar-refractivity contribution >= 4 is 0 Å². The molecule has 1 unspecified atom stereocenters. The van der Waals surface area contributed by atoms with Crippen LogP contribution in [0.5, 0.6) is 0 Å². The van der Waals surface area contributed by atoms with Gasteiger partial charge in [0.05, 0.1) is 5.69 Å². The van der Waals surface area contributed by atoms with E-state index < -0.39 is 0 Å². The van der Waals surface area contributed by atoms with Crippen molar-refractivity contribution in [3.05, 3.63) is 53.4 Å². The molecule has 1 aromatic carbocycles. The first kappa shape index (κ1) is 12.4. The molecule has 2 aromatic rings. The summed E-state index contributed by atoms with van der Waals surface area (Å²) in [5.41, 5.74) is 2.08. The van der Waals surface area contributed by atoms with E-state index in [2.05, 4.69) is 15.7 Å². The van der Waals surface area contributed by atoms with E-state index in [0.717, 1.165) is 42.9 Å². The number of hydrogen-bond acceptors (Lipinski definition) is 2. The molecule has 19 heavy (non-hydrogen) atoms. The van der Waals surface area contributed by atoms with Gasteiger partial charge < -0.3 is 9.67 Å². The second-order valence-electron chi connectivity index (χ2n) is 5.19. The predicted octanol–water partition coefficient (Wildman–Crippen LogP) is 2.17. The molecule has 3 nitrogen and oxygen atoms in total. The first-order valence-corrected chi connectivity index (χ1v) is 6.65. The van der Waals surface area contributed by atoms with Crippen LogP contribution in [-0.2, 0) is 19.4 Å². The molecular weight excluding hydrogens is 243 g/mol. The lowest BCUT2D eigenvalue weighted by atomic mass is 10.0. The lowest BCUT2D eigenvalue weighted by Gasteiger charge is -2.21. The van der Waals surface area contributed by atoms with Gasteiger partial charge in [0.15, 0.2) is 0 Å². The Morgan fingerprint density at radius 3 is 2.84 bits per heavy atom. The van der Waals surface area contributed by atoms with E-state index in [-0.39, 0.29) is 12.4 Å². The molecule has 0 bridgehead atoms. The second-order valence-corrected chi connectivity index (χ2v) is 5.19. The van der Waals surface area contributed by atoms with Crippen molar-refractivity contribution in [1.29, 1.82) is 0 Å². The molecule has 1 aliphatic heterocycles. The first-order valence-electron chi connectivity index (χ1n) is 6.65. The average molecular weight is 260 g/mol. The topological polar surface area (TPSA) is 38.1 Å². The lowest BCUT2D eigenvalue weighted by Crippen LogP contribution is -2.22. The number of aliphatic hydroxyl groups is 1. The zero-order chi connectivity index (χ0) is 13.2. The number of rotatable bonds is 3. The summed E-state index contributed by atoms with van der Waals surface area (Å²) >= 11 is 0. The van der Waals surface area contributed by atoms with Crippen LogP contribution in [-0.4, -0.2) is 21.3 Å². The molecule has 0 fully saturated rings. The van der Waals surface area contributed by atoms with Gasteiger partial charge in [-0.3, -0.25) is 0 Å². The molecule has 0 radical (unpaired) electrons. The Morgan fingerprint density at radius 1 is 1.32 bits per heavy atom. The molecule has 3 rings (SSSR count). The summed E-state index contributed by atoms with van der Waals surface area (Å²) in [6, 6.07) is 6.55. The van der Waals surface area contributed by atoms with Crippen molar-refractivity contribution in [1.82, 2.24) is 9.55 Å². The summed E-state index contributed by atoms with van der Waals surface area (Å²) in [6.07, 6.45) is 4.71. The average Bonchev–Trinajstić information content (AvgIpc) is 2.82. The molecule has 1 aliphatic rings. The van der Waals surface area contributed by atoms with E-state index in [1.165, 1.54) is 12.1 Å². The molecule has 0 saturated carbocycles. The molecule has 0 amide bonds. The molecule has 0 saturated heterocycles. The zero-order valence-corrected chi connectivity index (χ0v) is 10.7. The molecule has 1 aromatic heterocycles. The van der Waals surface area contributed by atoms with Crippen LogP contribution in [0.4, 0.5) is 4.39 Å². The highest BCUT2D eigenvalue weighted by Crippen LogP contribution is 2.20. The summed E-state index contributed by atoms with van der Waals surface area (Å²) < 4.78 is 15.0. The minimum atomic E-state index is -0.210. The Morgan fingerprint density at radius 2 is 2.11 bits per heavy atom. The van der Waals surface area contributed by atoms with Gasteiger partial charge in [-0.25, -0.2) is 9.37 Å². The van der Waals surface area contributed by atoms with Crippen LogP contribution in [0.25, 0.3) is 0 Å². The molecule has 2 heterocycles. The molecular formula is C15H17FN2O. The smallest absolute Gasteiger partial charge is 0.123 e. The third-order valence-corrected chi connectivity index (χ3v) is 3.70. The van der Waals surface area contributed by atoms with Crippen LogP contribution >= 0.6 is 0 Å². The highest BCUT2D eigenvalue weighted by Gasteiger charge is 2.19. The van der Waals surface area contributed by atoms with Gasteiger partial charge >= 0.3 is 0 Å². The fraction of sp³-hybridized carbons (Fsp3) is 0.400. The van der Waals surface area contributed by atoms with Gasteiger partial charge in [0.25, 0.3) is 0 Å². The van der Waals surface area contributed by atoms with E-state index in [9.17, 15) is 9.50 Å². The molecule has 100 valence electrons. The second kappa shape index (κ2) is 5.13. The first-order chi connectivity index (χ1) is 9.24. The van der Waals surface area contributed by atoms with Crippen LogP contribution in [0.3, 0.4) is 0 Å². The van der Waals surface area contributed by atoms with Crippen molar-refractivity contribution < 1.29 is 9.50 Å². The highest BCUT2D eigenvalue weighted by atomic mass is 19.1. The SMILES string of the molecule is OCC1CCc2nc(Cc3ccc(F)cc3)cn2C1. The minimum absolute atomic E-state index is 0.210. The standard InChI is InChI=1S/C15H17FN2O/c16-13-4-1-11(2-5-13)7-14-9-18-8-12(10-19)3-6-15(18)17-14/h1-2,4-5,9,12,19H,3,6-8,10H2. The summed E-state index contributed by atoms with van der Waals surface area (Å²) in [5.74, 6) is 1.24. The number of hydrogen-bond donors (Lipinski definition) is 1. The summed E-state index contributed by atoms with van der Waals surface area (Å²) in [6.45, 7) is 1.09. The van der Waals surface area contributed by atoms with Crippen molar-refractivity contribution in [3.8, 4) is 0 Å². The number of aryl methyl sites for hydroxylation is 1. The van der Waals surface area contributed by atoms with Crippen LogP contribution in [0, 0.1) is 11.7 Å². The maximum absolute atomic E-state index is 12.8. The van der Waals surface area contributed by atoms with E-state index in [0.29, 0.717) is 5.92 Å². The fourth-order valence-corrected chi connectivity index (χ4v) is 2.62. The van der Waals surface area contributed by atoms with Gasteiger partial charge in [-0.15, -0.1) is 0 Å². The summed E-state index contributed by atoms with van der Waals surface area (Å²) in [7, 11) is 0. The monoisotopic (exact) mass is 260 g/mol. The van der Waals surface area contributed by atoms with Gasteiger partial charge in [-0.05, 0) is 24.1 Å². The van der Waals surface area contributed by atoms with Crippen LogP contribution in [0.2, 0.25) is 0 Å². The maximum atomic E-state index is 12.8. The number of fused-ring (bicyclic) bond motifs is 1. The lowest BCUT2D eigenvalue weighted by molar-refractivity contribution is 0.190. The van der Waals surface area contributed by atoms with E-state index in [1.807, 2.05) is 0 Å². The molecule has 1 N–H and O–H groups in total. The summed E-state index contributed by atoms with van der Waals surface area (Å²) in [4.78, 5) is 4.62. The molecule has 4 heteroatoms. The van der Waals surface area contributed by atoms with Gasteiger partial charge in [-0.2, -0.15) is 0 Å². The number of nitrogens with zero attached hydrogens (tertiary/aromatic N) is 2. The third-order valence-electron chi connectivity index (χ3n) is 3.70. The Labute approximate surface area is 111 Å². The number of aromatic nitrogens is 2. The number of imidazole rings is 1. The zero-order valence-electron chi connectivity index (χ0n) is 10.7.